The van der Waals surface area contributed by atoms with Crippen LogP contribution < -0.4 is 5.32 Å². The van der Waals surface area contributed by atoms with Crippen molar-refractivity contribution in [1.82, 2.24) is 14.9 Å². The summed E-state index contributed by atoms with van der Waals surface area (Å²) in [5.74, 6) is 0.538. The lowest BCUT2D eigenvalue weighted by Gasteiger charge is -2.09. The molecule has 0 bridgehead atoms. The van der Waals surface area contributed by atoms with E-state index in [2.05, 4.69) is 53.0 Å². The molecule has 1 heterocycles. The number of carbonyl (C=O) groups is 1. The lowest BCUT2D eigenvalue weighted by atomic mass is 10.1. The molecular weight excluding hydrogens is 294 g/mol. The number of benzene rings is 1. The van der Waals surface area contributed by atoms with E-state index in [1.54, 1.807) is 0 Å². The second kappa shape index (κ2) is 6.57. The zero-order chi connectivity index (χ0) is 15.5. The second-order valence-electron chi connectivity index (χ2n) is 5.67. The molecule has 1 aliphatic rings. The fraction of sp³-hybridized carbons (Fsp3) is 0.412. The molecule has 1 aromatic heterocycles. The number of carbonyl (C=O) groups excluding carboxylic acids is 1. The Morgan fingerprint density at radius 2 is 2.09 bits per heavy atom. The molecule has 0 saturated heterocycles. The minimum absolute atomic E-state index is 0.107. The summed E-state index contributed by atoms with van der Waals surface area (Å²) in [7, 11) is 0. The minimum Gasteiger partial charge on any atom is -0.353 e. The number of aryl methyl sites for hydroxylation is 1. The van der Waals surface area contributed by atoms with Gasteiger partial charge < -0.3 is 9.88 Å². The minimum atomic E-state index is 0.107. The van der Waals surface area contributed by atoms with Gasteiger partial charge in [-0.2, -0.15) is 0 Å². The van der Waals surface area contributed by atoms with Gasteiger partial charge in [-0.15, -0.1) is 0 Å². The van der Waals surface area contributed by atoms with Crippen LogP contribution in [0.5, 0.6) is 0 Å². The molecule has 1 fully saturated rings. The van der Waals surface area contributed by atoms with E-state index in [-0.39, 0.29) is 5.91 Å². The zero-order valence-corrected chi connectivity index (χ0v) is 13.8. The first kappa shape index (κ1) is 15.2. The van der Waals surface area contributed by atoms with Crippen LogP contribution in [0.15, 0.2) is 35.6 Å². The summed E-state index contributed by atoms with van der Waals surface area (Å²) in [4.78, 5) is 16.3. The third-order valence-corrected chi connectivity index (χ3v) is 4.75. The number of hydrogen-bond donors (Lipinski definition) is 1. The van der Waals surface area contributed by atoms with Gasteiger partial charge in [-0.1, -0.05) is 41.6 Å². The molecule has 5 heteroatoms. The van der Waals surface area contributed by atoms with Gasteiger partial charge in [0.2, 0.25) is 5.91 Å². The van der Waals surface area contributed by atoms with E-state index in [4.69, 9.17) is 0 Å². The number of nitrogens with one attached hydrogen (secondary N) is 1. The Bertz CT molecular complexity index is 659. The average Bonchev–Trinajstić information content (AvgIpc) is 3.23. The first-order chi connectivity index (χ1) is 10.7. The van der Waals surface area contributed by atoms with Gasteiger partial charge in [-0.25, -0.2) is 4.98 Å². The Balaban J connectivity index is 1.72. The second-order valence-corrected chi connectivity index (χ2v) is 6.61. The molecule has 0 atom stereocenters. The highest BCUT2D eigenvalue weighted by atomic mass is 32.2. The Morgan fingerprint density at radius 1 is 1.36 bits per heavy atom. The summed E-state index contributed by atoms with van der Waals surface area (Å²) >= 11 is 1.51. The molecule has 0 aliphatic heterocycles. The van der Waals surface area contributed by atoms with E-state index in [0.29, 0.717) is 11.8 Å². The smallest absolute Gasteiger partial charge is 0.230 e. The summed E-state index contributed by atoms with van der Waals surface area (Å²) in [6, 6.07) is 8.87. The summed E-state index contributed by atoms with van der Waals surface area (Å²) in [6.45, 7) is 5.03. The SMILES string of the molecule is CCn1c(-c2ccc(C)cc2)cnc1SCC(=O)NC1CC1. The molecule has 0 spiro atoms. The van der Waals surface area contributed by atoms with Crippen molar-refractivity contribution in [3.05, 3.63) is 36.0 Å². The molecule has 1 aliphatic carbocycles. The third-order valence-electron chi connectivity index (χ3n) is 3.76. The van der Waals surface area contributed by atoms with E-state index in [1.807, 2.05) is 6.20 Å². The molecule has 1 aromatic carbocycles. The third kappa shape index (κ3) is 3.53. The van der Waals surface area contributed by atoms with Crippen molar-refractivity contribution in [2.24, 2.45) is 0 Å². The standard InChI is InChI=1S/C17H21N3OS/c1-3-20-15(13-6-4-12(2)5-7-13)10-18-17(20)22-11-16(21)19-14-8-9-14/h4-7,10,14H,3,8-9,11H2,1-2H3,(H,19,21). The van der Waals surface area contributed by atoms with Crippen molar-refractivity contribution in [3.63, 3.8) is 0 Å². The van der Waals surface area contributed by atoms with Crippen molar-refractivity contribution in [1.29, 1.82) is 0 Å². The maximum atomic E-state index is 11.8. The molecule has 1 N–H and O–H groups in total. The highest BCUT2D eigenvalue weighted by Gasteiger charge is 2.23. The van der Waals surface area contributed by atoms with Crippen LogP contribution >= 0.6 is 11.8 Å². The summed E-state index contributed by atoms with van der Waals surface area (Å²) < 4.78 is 2.17. The van der Waals surface area contributed by atoms with Crippen LogP contribution in [-0.4, -0.2) is 27.3 Å². The largest absolute Gasteiger partial charge is 0.353 e. The average molecular weight is 315 g/mol. The molecule has 1 amide bonds. The molecule has 0 radical (unpaired) electrons. The predicted octanol–water partition coefficient (Wildman–Crippen LogP) is 3.25. The number of imidazole rings is 1. The topological polar surface area (TPSA) is 46.9 Å². The Kier molecular flexibility index (Phi) is 4.52. The zero-order valence-electron chi connectivity index (χ0n) is 13.0. The van der Waals surface area contributed by atoms with Crippen LogP contribution in [0.25, 0.3) is 11.3 Å². The van der Waals surface area contributed by atoms with Crippen molar-refractivity contribution in [2.45, 2.75) is 44.4 Å². The van der Waals surface area contributed by atoms with Crippen LogP contribution in [0.3, 0.4) is 0 Å². The monoisotopic (exact) mass is 315 g/mol. The van der Waals surface area contributed by atoms with E-state index in [0.717, 1.165) is 35.8 Å². The lowest BCUT2D eigenvalue weighted by Crippen LogP contribution is -2.27. The summed E-state index contributed by atoms with van der Waals surface area (Å²) in [6.07, 6.45) is 4.14. The van der Waals surface area contributed by atoms with Crippen molar-refractivity contribution >= 4 is 17.7 Å². The molecule has 116 valence electrons. The van der Waals surface area contributed by atoms with Gasteiger partial charge in [-0.05, 0) is 32.3 Å². The summed E-state index contributed by atoms with van der Waals surface area (Å²) in [5.41, 5.74) is 3.51. The predicted molar refractivity (Wildman–Crippen MR) is 90.0 cm³/mol. The van der Waals surface area contributed by atoms with Crippen LogP contribution in [0.1, 0.15) is 25.3 Å². The highest BCUT2D eigenvalue weighted by Crippen LogP contribution is 2.26. The van der Waals surface area contributed by atoms with Crippen LogP contribution in [-0.2, 0) is 11.3 Å². The van der Waals surface area contributed by atoms with Crippen LogP contribution in [0.2, 0.25) is 0 Å². The van der Waals surface area contributed by atoms with Gasteiger partial charge >= 0.3 is 0 Å². The Hall–Kier alpha value is -1.75. The normalized spacial score (nSPS) is 14.1. The number of aromatic nitrogens is 2. The van der Waals surface area contributed by atoms with Crippen molar-refractivity contribution in [2.75, 3.05) is 5.75 Å². The molecule has 0 unspecified atom stereocenters. The van der Waals surface area contributed by atoms with Crippen molar-refractivity contribution < 1.29 is 4.79 Å². The number of hydrogen-bond acceptors (Lipinski definition) is 3. The molecule has 2 aromatic rings. The van der Waals surface area contributed by atoms with Gasteiger partial charge in [0.1, 0.15) is 0 Å². The number of rotatable bonds is 6. The van der Waals surface area contributed by atoms with Gasteiger partial charge in [-0.3, -0.25) is 4.79 Å². The first-order valence-electron chi connectivity index (χ1n) is 7.72. The fourth-order valence-corrected chi connectivity index (χ4v) is 3.22. The maximum Gasteiger partial charge on any atom is 0.230 e. The van der Waals surface area contributed by atoms with Crippen LogP contribution in [0, 0.1) is 6.92 Å². The van der Waals surface area contributed by atoms with Gasteiger partial charge in [0, 0.05) is 12.6 Å². The van der Waals surface area contributed by atoms with Gasteiger partial charge in [0.25, 0.3) is 0 Å². The Labute approximate surface area is 135 Å². The Morgan fingerprint density at radius 3 is 2.73 bits per heavy atom. The fourth-order valence-electron chi connectivity index (χ4n) is 2.36. The lowest BCUT2D eigenvalue weighted by molar-refractivity contribution is -0.118. The van der Waals surface area contributed by atoms with Crippen LogP contribution in [0.4, 0.5) is 0 Å². The van der Waals surface area contributed by atoms with E-state index < -0.39 is 0 Å². The molecule has 3 rings (SSSR count). The quantitative estimate of drug-likeness (QED) is 0.832. The highest BCUT2D eigenvalue weighted by molar-refractivity contribution is 7.99. The van der Waals surface area contributed by atoms with Gasteiger partial charge in [0.05, 0.1) is 17.6 Å². The molecule has 4 nitrogen and oxygen atoms in total. The molecular formula is C17H21N3OS. The van der Waals surface area contributed by atoms with Crippen molar-refractivity contribution in [3.8, 4) is 11.3 Å². The number of amides is 1. The van der Waals surface area contributed by atoms with E-state index in [1.165, 1.54) is 17.3 Å². The van der Waals surface area contributed by atoms with E-state index >= 15 is 0 Å². The summed E-state index contributed by atoms with van der Waals surface area (Å²) in [5, 5.41) is 3.92. The van der Waals surface area contributed by atoms with Gasteiger partial charge in [0.15, 0.2) is 5.16 Å². The molecule has 22 heavy (non-hydrogen) atoms. The maximum absolute atomic E-state index is 11.8. The molecule has 1 saturated carbocycles. The first-order valence-corrected chi connectivity index (χ1v) is 8.70. The number of thioether (sulfide) groups is 1. The van der Waals surface area contributed by atoms with E-state index in [9.17, 15) is 4.79 Å². The number of nitrogens with zero attached hydrogens (tertiary/aromatic N) is 2.